The van der Waals surface area contributed by atoms with Crippen molar-refractivity contribution in [3.05, 3.63) is 49.2 Å². The van der Waals surface area contributed by atoms with E-state index in [2.05, 4.69) is 35.7 Å². The fourth-order valence-corrected chi connectivity index (χ4v) is 6.41. The van der Waals surface area contributed by atoms with Crippen LogP contribution in [-0.4, -0.2) is 78.6 Å². The molecule has 2 aliphatic rings. The summed E-state index contributed by atoms with van der Waals surface area (Å²) in [6, 6.07) is 5.63. The zero-order chi connectivity index (χ0) is 29.5. The second kappa shape index (κ2) is 10.9. The highest BCUT2D eigenvalue weighted by atomic mass is 32.2. The van der Waals surface area contributed by atoms with Gasteiger partial charge in [-0.2, -0.15) is 9.19 Å². The highest BCUT2D eigenvalue weighted by Crippen LogP contribution is 2.34. The molecule has 2 fully saturated rings. The molecular weight excluding hydrogens is 556 g/mol. The molecule has 4 aromatic heterocycles. The summed E-state index contributed by atoms with van der Waals surface area (Å²) in [4.78, 5) is 24.7. The number of hydrogen-bond acceptors (Lipinski definition) is 12. The van der Waals surface area contributed by atoms with Gasteiger partial charge in [-0.15, -0.1) is 0 Å². The molecule has 0 bridgehead atoms. The maximum absolute atomic E-state index is 12.5. The van der Waals surface area contributed by atoms with E-state index in [1.165, 1.54) is 12.4 Å². The van der Waals surface area contributed by atoms with Crippen LogP contribution in [-0.2, 0) is 10.0 Å². The Balaban J connectivity index is 1.27. The summed E-state index contributed by atoms with van der Waals surface area (Å²) in [6.07, 6.45) is 12.4. The monoisotopic (exact) mass is 590 g/mol. The van der Waals surface area contributed by atoms with E-state index in [4.69, 9.17) is 4.98 Å². The van der Waals surface area contributed by atoms with Crippen LogP contribution >= 0.6 is 0 Å². The second-order valence-corrected chi connectivity index (χ2v) is 13.5. The molecule has 0 aliphatic heterocycles. The van der Waals surface area contributed by atoms with Gasteiger partial charge in [0, 0.05) is 44.8 Å². The van der Waals surface area contributed by atoms with Gasteiger partial charge in [0.05, 0.1) is 40.1 Å². The molecule has 220 valence electrons. The minimum atomic E-state index is -3.48. The second-order valence-electron chi connectivity index (χ2n) is 11.4. The van der Waals surface area contributed by atoms with Crippen LogP contribution in [0.3, 0.4) is 0 Å². The standard InChI is InChI=1S/C28H34N10O3S/c1-28(39)10-6-19(7-11-28)33-22-14-24(31-16-21(22)27-30-13-9-25(36-27)37(2)3)34-23-8-12-29-26(35-23)18-15-32-38(17-18)42(40,41)20-4-5-20/h8-9,12-17,19-20,39H,4-7,10-11H2,1-3H3,(H2,29,31,33,34,35). The van der Waals surface area contributed by atoms with Crippen LogP contribution in [0.1, 0.15) is 45.4 Å². The minimum Gasteiger partial charge on any atom is -0.390 e. The molecular formula is C28H34N10O3S. The summed E-state index contributed by atoms with van der Waals surface area (Å²) in [5.74, 6) is 2.71. The third-order valence-electron chi connectivity index (χ3n) is 7.60. The molecule has 0 spiro atoms. The van der Waals surface area contributed by atoms with Crippen molar-refractivity contribution in [2.24, 2.45) is 0 Å². The Morgan fingerprint density at radius 2 is 1.71 bits per heavy atom. The normalized spacial score (nSPS) is 20.7. The molecule has 3 N–H and O–H groups in total. The topological polar surface area (TPSA) is 164 Å². The fourth-order valence-electron chi connectivity index (χ4n) is 4.93. The van der Waals surface area contributed by atoms with Gasteiger partial charge in [-0.05, 0) is 57.6 Å². The van der Waals surface area contributed by atoms with Gasteiger partial charge in [0.25, 0.3) is 10.0 Å². The largest absolute Gasteiger partial charge is 0.390 e. The number of aliphatic hydroxyl groups is 1. The van der Waals surface area contributed by atoms with Crippen LogP contribution in [0.5, 0.6) is 0 Å². The van der Waals surface area contributed by atoms with E-state index in [0.29, 0.717) is 54.5 Å². The lowest BCUT2D eigenvalue weighted by Gasteiger charge is -2.34. The van der Waals surface area contributed by atoms with Crippen LogP contribution < -0.4 is 15.5 Å². The number of nitrogens with zero attached hydrogens (tertiary/aromatic N) is 8. The average Bonchev–Trinajstić information content (AvgIpc) is 3.71. The van der Waals surface area contributed by atoms with Gasteiger partial charge in [-0.1, -0.05) is 0 Å². The van der Waals surface area contributed by atoms with Crippen molar-refractivity contribution in [2.75, 3.05) is 29.6 Å². The first-order chi connectivity index (χ1) is 20.1. The van der Waals surface area contributed by atoms with Crippen LogP contribution in [0, 0.1) is 0 Å². The number of aromatic nitrogens is 7. The molecule has 2 saturated carbocycles. The Kier molecular flexibility index (Phi) is 7.27. The predicted octanol–water partition coefficient (Wildman–Crippen LogP) is 3.45. The van der Waals surface area contributed by atoms with E-state index in [1.54, 1.807) is 24.7 Å². The smallest absolute Gasteiger partial charge is 0.256 e. The fraction of sp³-hybridized carbons (Fsp3) is 0.429. The van der Waals surface area contributed by atoms with E-state index in [9.17, 15) is 13.5 Å². The van der Waals surface area contributed by atoms with Crippen LogP contribution in [0.25, 0.3) is 22.8 Å². The van der Waals surface area contributed by atoms with Crippen molar-refractivity contribution < 1.29 is 13.5 Å². The lowest BCUT2D eigenvalue weighted by molar-refractivity contribution is 0.0196. The van der Waals surface area contributed by atoms with Crippen LogP contribution in [0.15, 0.2) is 49.2 Å². The quantitative estimate of drug-likeness (QED) is 0.260. The Morgan fingerprint density at radius 3 is 2.45 bits per heavy atom. The number of rotatable bonds is 9. The third-order valence-corrected chi connectivity index (χ3v) is 9.64. The Morgan fingerprint density at radius 1 is 0.976 bits per heavy atom. The van der Waals surface area contributed by atoms with E-state index in [-0.39, 0.29) is 11.3 Å². The van der Waals surface area contributed by atoms with Gasteiger partial charge < -0.3 is 20.6 Å². The predicted molar refractivity (Wildman–Crippen MR) is 160 cm³/mol. The zero-order valence-corrected chi connectivity index (χ0v) is 24.6. The van der Waals surface area contributed by atoms with Gasteiger partial charge in [-0.25, -0.2) is 33.3 Å². The molecule has 0 atom stereocenters. The van der Waals surface area contributed by atoms with Gasteiger partial charge in [0.15, 0.2) is 11.6 Å². The lowest BCUT2D eigenvalue weighted by atomic mass is 9.83. The van der Waals surface area contributed by atoms with Crippen LogP contribution in [0.2, 0.25) is 0 Å². The van der Waals surface area contributed by atoms with Gasteiger partial charge in [0.1, 0.15) is 17.5 Å². The first kappa shape index (κ1) is 28.0. The summed E-state index contributed by atoms with van der Waals surface area (Å²) in [6.45, 7) is 1.89. The van der Waals surface area contributed by atoms with Crippen molar-refractivity contribution in [3.63, 3.8) is 0 Å². The van der Waals surface area contributed by atoms with Crippen LogP contribution in [0.4, 0.5) is 23.1 Å². The number of anilines is 4. The van der Waals surface area contributed by atoms with Gasteiger partial charge in [-0.3, -0.25) is 0 Å². The zero-order valence-electron chi connectivity index (χ0n) is 23.8. The Bertz CT molecular complexity index is 1690. The molecule has 0 unspecified atom stereocenters. The van der Waals surface area contributed by atoms with E-state index in [0.717, 1.165) is 34.0 Å². The molecule has 0 saturated heterocycles. The molecule has 0 amide bonds. The highest BCUT2D eigenvalue weighted by Gasteiger charge is 2.37. The molecule has 2 aliphatic carbocycles. The first-order valence-electron chi connectivity index (χ1n) is 14.0. The van der Waals surface area contributed by atoms with Gasteiger partial charge >= 0.3 is 0 Å². The summed E-state index contributed by atoms with van der Waals surface area (Å²) < 4.78 is 26.1. The minimum absolute atomic E-state index is 0.172. The summed E-state index contributed by atoms with van der Waals surface area (Å²) in [5, 5.41) is 21.0. The molecule has 0 aromatic carbocycles. The van der Waals surface area contributed by atoms with E-state index >= 15 is 0 Å². The molecule has 6 rings (SSSR count). The molecule has 13 nitrogen and oxygen atoms in total. The van der Waals surface area contributed by atoms with E-state index in [1.807, 2.05) is 38.1 Å². The SMILES string of the molecule is CN(C)c1ccnc(-c2cnc(Nc3ccnc(-c4cnn(S(=O)(=O)C5CC5)c4)n3)cc2NC2CCC(C)(O)CC2)n1. The molecule has 4 aromatic rings. The van der Waals surface area contributed by atoms with Crippen molar-refractivity contribution in [1.82, 2.24) is 34.1 Å². The highest BCUT2D eigenvalue weighted by molar-refractivity contribution is 7.90. The lowest BCUT2D eigenvalue weighted by Crippen LogP contribution is -2.35. The number of hydrogen-bond donors (Lipinski definition) is 3. The molecule has 4 heterocycles. The Labute approximate surface area is 244 Å². The summed E-state index contributed by atoms with van der Waals surface area (Å²) >= 11 is 0. The van der Waals surface area contributed by atoms with Crippen molar-refractivity contribution >= 4 is 33.2 Å². The summed E-state index contributed by atoms with van der Waals surface area (Å²) in [7, 11) is 0.377. The first-order valence-corrected chi connectivity index (χ1v) is 15.5. The van der Waals surface area contributed by atoms with Crippen molar-refractivity contribution in [3.8, 4) is 22.8 Å². The average molecular weight is 591 g/mol. The van der Waals surface area contributed by atoms with E-state index < -0.39 is 15.6 Å². The molecule has 0 radical (unpaired) electrons. The van der Waals surface area contributed by atoms with Crippen molar-refractivity contribution in [1.29, 1.82) is 0 Å². The summed E-state index contributed by atoms with van der Waals surface area (Å²) in [5.41, 5.74) is 1.43. The maximum Gasteiger partial charge on any atom is 0.256 e. The Hall–Kier alpha value is -4.17. The third kappa shape index (κ3) is 6.04. The molecule has 42 heavy (non-hydrogen) atoms. The van der Waals surface area contributed by atoms with Crippen molar-refractivity contribution in [2.45, 2.75) is 62.3 Å². The maximum atomic E-state index is 12.5. The number of nitrogens with one attached hydrogen (secondary N) is 2. The van der Waals surface area contributed by atoms with Gasteiger partial charge in [0.2, 0.25) is 0 Å². The molecule has 14 heteroatoms. The number of pyridine rings is 1.